The predicted molar refractivity (Wildman–Crippen MR) is 73.2 cm³/mol. The average molecular weight is 279 g/mol. The van der Waals surface area contributed by atoms with Gasteiger partial charge in [-0.05, 0) is 6.42 Å². The Kier molecular flexibility index (Phi) is 3.78. The Morgan fingerprint density at radius 3 is 2.70 bits per heavy atom. The topological polar surface area (TPSA) is 91.0 Å². The number of hydrogen-bond acceptors (Lipinski definition) is 4. The van der Waals surface area contributed by atoms with Crippen LogP contribution in [0.5, 0.6) is 0 Å². The lowest BCUT2D eigenvalue weighted by atomic mass is 9.96. The normalized spacial score (nSPS) is 19.9. The molecule has 2 heterocycles. The molecule has 1 unspecified atom stereocenters. The number of H-pyrrole nitrogens is 1. The van der Waals surface area contributed by atoms with Crippen molar-refractivity contribution in [2.45, 2.75) is 45.6 Å². The van der Waals surface area contributed by atoms with Gasteiger partial charge in [0.05, 0.1) is 0 Å². The van der Waals surface area contributed by atoms with Crippen LogP contribution in [0.3, 0.4) is 0 Å². The van der Waals surface area contributed by atoms with E-state index in [4.69, 9.17) is 0 Å². The number of hydrogen-bond donors (Lipinski definition) is 2. The molecule has 2 rings (SSSR count). The Bertz CT molecular complexity index is 517. The summed E-state index contributed by atoms with van der Waals surface area (Å²) in [6.45, 7) is 8.81. The van der Waals surface area contributed by atoms with E-state index in [-0.39, 0.29) is 23.1 Å². The molecule has 7 nitrogen and oxygen atoms in total. The van der Waals surface area contributed by atoms with Gasteiger partial charge >= 0.3 is 0 Å². The zero-order valence-electron chi connectivity index (χ0n) is 12.4. The summed E-state index contributed by atoms with van der Waals surface area (Å²) in [6, 6.07) is -0.437. The van der Waals surface area contributed by atoms with Gasteiger partial charge in [0.2, 0.25) is 11.7 Å². The van der Waals surface area contributed by atoms with Crippen LogP contribution in [0.2, 0.25) is 0 Å². The van der Waals surface area contributed by atoms with E-state index in [9.17, 15) is 9.59 Å². The number of carbonyl (C=O) groups is 2. The molecule has 2 N–H and O–H groups in total. The maximum Gasteiger partial charge on any atom is 0.294 e. The molecule has 1 saturated heterocycles. The van der Waals surface area contributed by atoms with E-state index >= 15 is 0 Å². The van der Waals surface area contributed by atoms with Gasteiger partial charge in [0, 0.05) is 18.5 Å². The van der Waals surface area contributed by atoms with E-state index in [1.165, 1.54) is 0 Å². The number of carbonyl (C=O) groups excluding carboxylic acids is 2. The molecule has 1 atom stereocenters. The van der Waals surface area contributed by atoms with Crippen molar-refractivity contribution in [1.82, 2.24) is 25.4 Å². The van der Waals surface area contributed by atoms with Crippen LogP contribution in [0, 0.1) is 0 Å². The van der Waals surface area contributed by atoms with Crippen LogP contribution in [-0.4, -0.2) is 51.0 Å². The number of piperazine rings is 1. The summed E-state index contributed by atoms with van der Waals surface area (Å²) in [5.74, 6) is 0.385. The maximum absolute atomic E-state index is 12.5. The minimum atomic E-state index is -0.437. The number of nitrogens with one attached hydrogen (secondary N) is 2. The average Bonchev–Trinajstić information content (AvgIpc) is 2.87. The molecule has 0 spiro atoms. The minimum Gasteiger partial charge on any atom is -0.353 e. The van der Waals surface area contributed by atoms with Gasteiger partial charge in [-0.2, -0.15) is 0 Å². The van der Waals surface area contributed by atoms with Gasteiger partial charge in [-0.15, -0.1) is 5.10 Å². The van der Waals surface area contributed by atoms with Crippen LogP contribution < -0.4 is 5.32 Å². The second kappa shape index (κ2) is 5.22. The SMILES string of the molecule is CCC1C(=O)NCCN1C(=O)c1n[nH]c(C(C)(C)C)n1. The van der Waals surface area contributed by atoms with Gasteiger partial charge in [-0.25, -0.2) is 4.98 Å². The van der Waals surface area contributed by atoms with Crippen molar-refractivity contribution < 1.29 is 9.59 Å². The second-order valence-corrected chi connectivity index (χ2v) is 5.97. The van der Waals surface area contributed by atoms with Gasteiger partial charge in [-0.3, -0.25) is 14.7 Å². The molecule has 0 bridgehead atoms. The lowest BCUT2D eigenvalue weighted by Gasteiger charge is -2.33. The summed E-state index contributed by atoms with van der Waals surface area (Å²) in [5, 5.41) is 9.56. The first kappa shape index (κ1) is 14.5. The molecular formula is C13H21N5O2. The fraction of sp³-hybridized carbons (Fsp3) is 0.692. The minimum absolute atomic E-state index is 0.112. The Morgan fingerprint density at radius 1 is 1.45 bits per heavy atom. The number of aromatic amines is 1. The molecule has 1 aromatic heterocycles. The highest BCUT2D eigenvalue weighted by Crippen LogP contribution is 2.18. The molecule has 1 aliphatic rings. The lowest BCUT2D eigenvalue weighted by molar-refractivity contribution is -0.127. The third-order valence-electron chi connectivity index (χ3n) is 3.37. The van der Waals surface area contributed by atoms with Crippen LogP contribution >= 0.6 is 0 Å². The Labute approximate surface area is 118 Å². The first-order chi connectivity index (χ1) is 9.34. The van der Waals surface area contributed by atoms with E-state index < -0.39 is 6.04 Å². The molecule has 1 aromatic rings. The predicted octanol–water partition coefficient (Wildman–Crippen LogP) is 0.453. The van der Waals surface area contributed by atoms with Crippen LogP contribution in [0.4, 0.5) is 0 Å². The van der Waals surface area contributed by atoms with Crippen molar-refractivity contribution in [2.75, 3.05) is 13.1 Å². The first-order valence-electron chi connectivity index (χ1n) is 6.86. The van der Waals surface area contributed by atoms with Crippen LogP contribution in [-0.2, 0) is 10.2 Å². The smallest absolute Gasteiger partial charge is 0.294 e. The van der Waals surface area contributed by atoms with Gasteiger partial charge in [-0.1, -0.05) is 27.7 Å². The lowest BCUT2D eigenvalue weighted by Crippen LogP contribution is -2.57. The van der Waals surface area contributed by atoms with Crippen molar-refractivity contribution in [3.63, 3.8) is 0 Å². The highest BCUT2D eigenvalue weighted by Gasteiger charge is 2.34. The second-order valence-electron chi connectivity index (χ2n) is 5.97. The summed E-state index contributed by atoms with van der Waals surface area (Å²) < 4.78 is 0. The highest BCUT2D eigenvalue weighted by molar-refractivity contribution is 5.95. The molecule has 20 heavy (non-hydrogen) atoms. The molecule has 0 aromatic carbocycles. The fourth-order valence-corrected chi connectivity index (χ4v) is 2.18. The zero-order valence-corrected chi connectivity index (χ0v) is 12.4. The zero-order chi connectivity index (χ0) is 14.9. The van der Waals surface area contributed by atoms with E-state index in [0.29, 0.717) is 25.3 Å². The Hall–Kier alpha value is -1.92. The third kappa shape index (κ3) is 2.66. The standard InChI is InChI=1S/C13H21N5O2/c1-5-8-10(19)14-6-7-18(8)11(20)9-15-12(17-16-9)13(2,3)4/h8H,5-7H2,1-4H3,(H,14,19)(H,15,16,17). The van der Waals surface area contributed by atoms with Crippen LogP contribution in [0.1, 0.15) is 50.6 Å². The maximum atomic E-state index is 12.5. The van der Waals surface area contributed by atoms with Crippen molar-refractivity contribution in [2.24, 2.45) is 0 Å². The van der Waals surface area contributed by atoms with Gasteiger partial charge in [0.15, 0.2) is 0 Å². The first-order valence-corrected chi connectivity index (χ1v) is 6.86. The summed E-state index contributed by atoms with van der Waals surface area (Å²) >= 11 is 0. The van der Waals surface area contributed by atoms with E-state index in [2.05, 4.69) is 20.5 Å². The fourth-order valence-electron chi connectivity index (χ4n) is 2.18. The quantitative estimate of drug-likeness (QED) is 0.822. The number of aromatic nitrogens is 3. The van der Waals surface area contributed by atoms with Crippen molar-refractivity contribution in [1.29, 1.82) is 0 Å². The summed E-state index contributed by atoms with van der Waals surface area (Å²) in [6.07, 6.45) is 0.578. The van der Waals surface area contributed by atoms with Crippen LogP contribution in [0.25, 0.3) is 0 Å². The molecular weight excluding hydrogens is 258 g/mol. The van der Waals surface area contributed by atoms with E-state index in [1.54, 1.807) is 4.90 Å². The summed E-state index contributed by atoms with van der Waals surface area (Å²) in [5.41, 5.74) is -0.199. The van der Waals surface area contributed by atoms with Crippen LogP contribution in [0.15, 0.2) is 0 Å². The number of nitrogens with zero attached hydrogens (tertiary/aromatic N) is 3. The Morgan fingerprint density at radius 2 is 2.15 bits per heavy atom. The molecule has 0 aliphatic carbocycles. The van der Waals surface area contributed by atoms with Crippen molar-refractivity contribution >= 4 is 11.8 Å². The van der Waals surface area contributed by atoms with Gasteiger partial charge in [0.25, 0.3) is 5.91 Å². The molecule has 0 radical (unpaired) electrons. The monoisotopic (exact) mass is 279 g/mol. The molecule has 7 heteroatoms. The van der Waals surface area contributed by atoms with E-state index in [0.717, 1.165) is 0 Å². The number of amides is 2. The Balaban J connectivity index is 2.22. The number of rotatable bonds is 2. The largest absolute Gasteiger partial charge is 0.353 e. The van der Waals surface area contributed by atoms with Gasteiger partial charge in [0.1, 0.15) is 11.9 Å². The highest BCUT2D eigenvalue weighted by atomic mass is 16.2. The van der Waals surface area contributed by atoms with Gasteiger partial charge < -0.3 is 10.2 Å². The molecule has 1 aliphatic heterocycles. The van der Waals surface area contributed by atoms with E-state index in [1.807, 2.05) is 27.7 Å². The molecule has 1 fully saturated rings. The molecule has 2 amide bonds. The third-order valence-corrected chi connectivity index (χ3v) is 3.37. The molecule has 0 saturated carbocycles. The molecule has 110 valence electrons. The van der Waals surface area contributed by atoms with Crippen molar-refractivity contribution in [3.05, 3.63) is 11.6 Å². The summed E-state index contributed by atoms with van der Waals surface area (Å²) in [7, 11) is 0. The summed E-state index contributed by atoms with van der Waals surface area (Å²) in [4.78, 5) is 30.0. The van der Waals surface area contributed by atoms with Crippen molar-refractivity contribution in [3.8, 4) is 0 Å².